The largest absolute Gasteiger partial charge is 0.462 e. The molecule has 29 heavy (non-hydrogen) atoms. The number of rotatable bonds is 7. The van der Waals surface area contributed by atoms with Crippen LogP contribution in [-0.2, 0) is 4.74 Å². The first kappa shape index (κ1) is 21.2. The molecule has 6 nitrogen and oxygen atoms in total. The quantitative estimate of drug-likeness (QED) is 0.579. The lowest BCUT2D eigenvalue weighted by Crippen LogP contribution is -2.87. The van der Waals surface area contributed by atoms with Gasteiger partial charge in [-0.3, -0.25) is 4.79 Å². The highest BCUT2D eigenvalue weighted by Crippen LogP contribution is 2.28. The van der Waals surface area contributed by atoms with Crippen molar-refractivity contribution in [3.05, 3.63) is 62.5 Å². The molecule has 2 atom stereocenters. The van der Waals surface area contributed by atoms with Crippen LogP contribution in [0.1, 0.15) is 66.4 Å². The molecule has 0 saturated heterocycles. The Hall–Kier alpha value is -2.51. The minimum Gasteiger partial charge on any atom is -0.462 e. The number of nitrogens with two attached hydrogens (primary N) is 1. The Bertz CT molecular complexity index is 1060. The maximum Gasteiger partial charge on any atom is 0.348 e. The molecule has 0 spiro atoms. The molecular formula is C22H28N3O3S+. The molecule has 7 heteroatoms. The van der Waals surface area contributed by atoms with Crippen molar-refractivity contribution in [2.24, 2.45) is 5.92 Å². The van der Waals surface area contributed by atoms with Crippen molar-refractivity contribution in [1.82, 2.24) is 9.97 Å². The molecule has 2 aromatic heterocycles. The van der Waals surface area contributed by atoms with Gasteiger partial charge in [0.25, 0.3) is 5.56 Å². The van der Waals surface area contributed by atoms with Gasteiger partial charge in [0.05, 0.1) is 12.0 Å². The molecule has 0 aliphatic rings. The van der Waals surface area contributed by atoms with E-state index in [-0.39, 0.29) is 17.6 Å². The number of ether oxygens (including phenoxy) is 1. The average molecular weight is 415 g/mol. The number of aryl methyl sites for hydroxylation is 1. The van der Waals surface area contributed by atoms with Gasteiger partial charge in [0.15, 0.2) is 5.82 Å². The summed E-state index contributed by atoms with van der Waals surface area (Å²) >= 11 is 1.22. The van der Waals surface area contributed by atoms with E-state index in [0.717, 1.165) is 0 Å². The van der Waals surface area contributed by atoms with Crippen LogP contribution < -0.4 is 10.9 Å². The summed E-state index contributed by atoms with van der Waals surface area (Å²) < 4.78 is 5.11. The number of aromatic nitrogens is 2. The number of nitrogens with one attached hydrogen (secondary N) is 1. The number of nitrogens with zero attached hydrogens (tertiary/aromatic N) is 1. The number of quaternary nitrogens is 1. The van der Waals surface area contributed by atoms with E-state index in [1.165, 1.54) is 16.9 Å². The third-order valence-electron chi connectivity index (χ3n) is 5.11. The number of thiophene rings is 1. The van der Waals surface area contributed by atoms with Gasteiger partial charge in [-0.1, -0.05) is 44.2 Å². The van der Waals surface area contributed by atoms with E-state index in [0.29, 0.717) is 39.0 Å². The number of hydrogen-bond acceptors (Lipinski definition) is 5. The second kappa shape index (κ2) is 8.88. The number of benzene rings is 1. The Morgan fingerprint density at radius 1 is 1.24 bits per heavy atom. The van der Waals surface area contributed by atoms with Crippen molar-refractivity contribution in [2.45, 2.75) is 46.7 Å². The van der Waals surface area contributed by atoms with Crippen molar-refractivity contribution >= 4 is 27.5 Å². The summed E-state index contributed by atoms with van der Waals surface area (Å²) in [4.78, 5) is 33.6. The zero-order chi connectivity index (χ0) is 21.1. The van der Waals surface area contributed by atoms with Crippen LogP contribution in [0, 0.1) is 12.8 Å². The first-order valence-electron chi connectivity index (χ1n) is 9.93. The standard InChI is InChI=1S/C22H27N3O3S/c1-6-28-22(27)18-13(4)16-20(26)24-19(25-21(16)29-18)14(5)23-17(12(2)3)15-10-8-7-9-11-15/h7-12,14,17,23H,6H2,1-5H3,(H,24,25,26)/p+1/t14-,17-/m1/s1. The lowest BCUT2D eigenvalue weighted by atomic mass is 9.95. The van der Waals surface area contributed by atoms with Crippen molar-refractivity contribution < 1.29 is 14.8 Å². The van der Waals surface area contributed by atoms with Crippen LogP contribution in [-0.4, -0.2) is 22.5 Å². The minimum atomic E-state index is -0.405. The molecular weight excluding hydrogens is 386 g/mol. The smallest absolute Gasteiger partial charge is 0.348 e. The average Bonchev–Trinajstić information content (AvgIpc) is 3.03. The van der Waals surface area contributed by atoms with Crippen LogP contribution >= 0.6 is 11.3 Å². The summed E-state index contributed by atoms with van der Waals surface area (Å²) in [5.41, 5.74) is 1.66. The van der Waals surface area contributed by atoms with E-state index >= 15 is 0 Å². The maximum absolute atomic E-state index is 12.8. The van der Waals surface area contributed by atoms with Gasteiger partial charge in [0.1, 0.15) is 21.8 Å². The molecule has 0 aliphatic carbocycles. The summed E-state index contributed by atoms with van der Waals surface area (Å²) in [7, 11) is 0. The molecule has 0 saturated carbocycles. The normalized spacial score (nSPS) is 13.6. The van der Waals surface area contributed by atoms with Crippen LogP contribution in [0.2, 0.25) is 0 Å². The maximum atomic E-state index is 12.8. The van der Waals surface area contributed by atoms with E-state index in [2.05, 4.69) is 41.3 Å². The fourth-order valence-electron chi connectivity index (χ4n) is 3.56. The highest BCUT2D eigenvalue weighted by Gasteiger charge is 2.26. The van der Waals surface area contributed by atoms with Crippen molar-refractivity contribution in [1.29, 1.82) is 0 Å². The molecule has 0 bridgehead atoms. The van der Waals surface area contributed by atoms with E-state index in [1.807, 2.05) is 25.1 Å². The predicted molar refractivity (Wildman–Crippen MR) is 115 cm³/mol. The van der Waals surface area contributed by atoms with Gasteiger partial charge < -0.3 is 15.0 Å². The molecule has 0 unspecified atom stereocenters. The molecule has 3 N–H and O–H groups in total. The summed E-state index contributed by atoms with van der Waals surface area (Å²) in [6, 6.07) is 10.5. The molecule has 0 aliphatic heterocycles. The number of carbonyl (C=O) groups is 1. The number of fused-ring (bicyclic) bond motifs is 1. The van der Waals surface area contributed by atoms with Gasteiger partial charge in [-0.05, 0) is 26.3 Å². The monoisotopic (exact) mass is 414 g/mol. The summed E-state index contributed by atoms with van der Waals surface area (Å²) in [6.45, 7) is 10.2. The SMILES string of the molecule is CCOC(=O)c1sc2nc([C@@H](C)[NH2+][C@@H](c3ccccc3)C(C)C)[nH]c(=O)c2c1C. The number of aromatic amines is 1. The Morgan fingerprint density at radius 2 is 1.93 bits per heavy atom. The number of H-pyrrole nitrogens is 1. The van der Waals surface area contributed by atoms with Gasteiger partial charge in [-0.25, -0.2) is 9.78 Å². The lowest BCUT2D eigenvalue weighted by Gasteiger charge is -2.23. The van der Waals surface area contributed by atoms with Crippen molar-refractivity contribution in [3.8, 4) is 0 Å². The van der Waals surface area contributed by atoms with Gasteiger partial charge in [0.2, 0.25) is 0 Å². The zero-order valence-corrected chi connectivity index (χ0v) is 18.3. The van der Waals surface area contributed by atoms with Crippen LogP contribution in [0.5, 0.6) is 0 Å². The highest BCUT2D eigenvalue weighted by atomic mass is 32.1. The first-order chi connectivity index (χ1) is 13.8. The fraction of sp³-hybridized carbons (Fsp3) is 0.409. The first-order valence-corrected chi connectivity index (χ1v) is 10.8. The Morgan fingerprint density at radius 3 is 2.55 bits per heavy atom. The molecule has 2 heterocycles. The molecule has 154 valence electrons. The van der Waals surface area contributed by atoms with Gasteiger partial charge in [0, 0.05) is 11.5 Å². The zero-order valence-electron chi connectivity index (χ0n) is 17.5. The summed E-state index contributed by atoms with van der Waals surface area (Å²) in [5, 5.41) is 2.70. The fourth-order valence-corrected chi connectivity index (χ4v) is 4.65. The third kappa shape index (κ3) is 4.41. The molecule has 3 aromatic rings. The third-order valence-corrected chi connectivity index (χ3v) is 6.28. The molecule has 1 aromatic carbocycles. The number of esters is 1. The topological polar surface area (TPSA) is 88.7 Å². The minimum absolute atomic E-state index is 0.0480. The van der Waals surface area contributed by atoms with E-state index in [9.17, 15) is 9.59 Å². The second-order valence-corrected chi connectivity index (χ2v) is 8.57. The van der Waals surface area contributed by atoms with Crippen LogP contribution in [0.25, 0.3) is 10.2 Å². The highest BCUT2D eigenvalue weighted by molar-refractivity contribution is 7.20. The van der Waals surface area contributed by atoms with Crippen LogP contribution in [0.3, 0.4) is 0 Å². The molecule has 3 rings (SSSR count). The molecule has 0 radical (unpaired) electrons. The second-order valence-electron chi connectivity index (χ2n) is 7.57. The van der Waals surface area contributed by atoms with Crippen LogP contribution in [0.15, 0.2) is 35.1 Å². The van der Waals surface area contributed by atoms with E-state index in [4.69, 9.17) is 4.74 Å². The number of hydrogen-bond donors (Lipinski definition) is 2. The van der Waals surface area contributed by atoms with E-state index < -0.39 is 5.97 Å². The summed E-state index contributed by atoms with van der Waals surface area (Å²) in [5.74, 6) is 0.618. The molecule has 0 amide bonds. The van der Waals surface area contributed by atoms with Gasteiger partial charge >= 0.3 is 5.97 Å². The van der Waals surface area contributed by atoms with Gasteiger partial charge in [-0.15, -0.1) is 11.3 Å². The van der Waals surface area contributed by atoms with Gasteiger partial charge in [-0.2, -0.15) is 0 Å². The Kier molecular flexibility index (Phi) is 6.49. The van der Waals surface area contributed by atoms with E-state index in [1.54, 1.807) is 13.8 Å². The van der Waals surface area contributed by atoms with Crippen molar-refractivity contribution in [2.75, 3.05) is 6.61 Å². The molecule has 0 fully saturated rings. The lowest BCUT2D eigenvalue weighted by molar-refractivity contribution is -0.738. The van der Waals surface area contributed by atoms with Crippen molar-refractivity contribution in [3.63, 3.8) is 0 Å². The predicted octanol–water partition coefficient (Wildman–Crippen LogP) is 3.49. The van der Waals surface area contributed by atoms with Crippen LogP contribution in [0.4, 0.5) is 0 Å². The number of carbonyl (C=O) groups excluding carboxylic acids is 1. The summed E-state index contributed by atoms with van der Waals surface area (Å²) in [6.07, 6.45) is 0. The Balaban J connectivity index is 1.95. The Labute approximate surface area is 174 Å².